The standard InChI is InChI=1S/C16H30N2S2/c1-4-7-11-19-12-9-8-10-16(5-2,6-3)14-13-15(17)18-20-14/h13H,4-12H2,1-3H3,(H2,17,18). The minimum atomic E-state index is 0.309. The lowest BCUT2D eigenvalue weighted by molar-refractivity contribution is 0.361. The van der Waals surface area contributed by atoms with Crippen molar-refractivity contribution in [3.63, 3.8) is 0 Å². The molecule has 0 radical (unpaired) electrons. The van der Waals surface area contributed by atoms with Crippen molar-refractivity contribution in [1.82, 2.24) is 4.37 Å². The molecular formula is C16H30N2S2. The van der Waals surface area contributed by atoms with E-state index in [2.05, 4.69) is 43.0 Å². The van der Waals surface area contributed by atoms with E-state index in [1.165, 1.54) is 61.3 Å². The van der Waals surface area contributed by atoms with Gasteiger partial charge < -0.3 is 5.73 Å². The van der Waals surface area contributed by atoms with Crippen molar-refractivity contribution >= 4 is 29.1 Å². The van der Waals surface area contributed by atoms with E-state index < -0.39 is 0 Å². The van der Waals surface area contributed by atoms with Gasteiger partial charge in [0.05, 0.1) is 0 Å². The Morgan fingerprint density at radius 2 is 1.85 bits per heavy atom. The highest BCUT2D eigenvalue weighted by Crippen LogP contribution is 2.39. The Morgan fingerprint density at radius 1 is 1.15 bits per heavy atom. The average Bonchev–Trinajstić information content (AvgIpc) is 2.90. The van der Waals surface area contributed by atoms with Crippen LogP contribution in [0.15, 0.2) is 6.07 Å². The number of nitrogens with zero attached hydrogens (tertiary/aromatic N) is 1. The number of nitrogen functional groups attached to an aromatic ring is 1. The molecule has 116 valence electrons. The quantitative estimate of drug-likeness (QED) is 0.549. The molecule has 0 aliphatic heterocycles. The number of rotatable bonds is 11. The van der Waals surface area contributed by atoms with Gasteiger partial charge in [0.1, 0.15) is 5.82 Å². The zero-order valence-corrected chi connectivity index (χ0v) is 14.9. The largest absolute Gasteiger partial charge is 0.383 e. The second-order valence-electron chi connectivity index (χ2n) is 5.53. The second-order valence-corrected chi connectivity index (χ2v) is 7.56. The highest BCUT2D eigenvalue weighted by molar-refractivity contribution is 7.99. The molecule has 1 aromatic rings. The second kappa shape index (κ2) is 9.67. The highest BCUT2D eigenvalue weighted by atomic mass is 32.2. The fourth-order valence-corrected chi connectivity index (χ4v) is 4.75. The number of hydrogen-bond acceptors (Lipinski definition) is 4. The fraction of sp³-hybridized carbons (Fsp3) is 0.812. The molecule has 0 aliphatic rings. The molecule has 0 aliphatic carbocycles. The van der Waals surface area contributed by atoms with E-state index in [0.29, 0.717) is 11.2 Å². The minimum absolute atomic E-state index is 0.309. The maximum atomic E-state index is 5.80. The number of unbranched alkanes of at least 4 members (excludes halogenated alkanes) is 2. The highest BCUT2D eigenvalue weighted by Gasteiger charge is 2.29. The summed E-state index contributed by atoms with van der Waals surface area (Å²) in [6, 6.07) is 2.09. The molecule has 2 nitrogen and oxygen atoms in total. The minimum Gasteiger partial charge on any atom is -0.383 e. The van der Waals surface area contributed by atoms with Crippen molar-refractivity contribution in [2.24, 2.45) is 0 Å². The van der Waals surface area contributed by atoms with Crippen LogP contribution in [-0.4, -0.2) is 15.9 Å². The first-order valence-electron chi connectivity index (χ1n) is 7.99. The van der Waals surface area contributed by atoms with Crippen molar-refractivity contribution in [2.45, 2.75) is 71.1 Å². The van der Waals surface area contributed by atoms with Crippen LogP contribution >= 0.6 is 23.3 Å². The van der Waals surface area contributed by atoms with Crippen LogP contribution in [-0.2, 0) is 5.41 Å². The molecule has 0 saturated carbocycles. The molecule has 0 bridgehead atoms. The van der Waals surface area contributed by atoms with Gasteiger partial charge in [-0.3, -0.25) is 0 Å². The summed E-state index contributed by atoms with van der Waals surface area (Å²) in [6.45, 7) is 6.86. The van der Waals surface area contributed by atoms with Crippen LogP contribution in [0, 0.1) is 0 Å². The first-order chi connectivity index (χ1) is 9.68. The number of aromatic nitrogens is 1. The third-order valence-electron chi connectivity index (χ3n) is 4.24. The average molecular weight is 315 g/mol. The van der Waals surface area contributed by atoms with Gasteiger partial charge in [-0.1, -0.05) is 33.6 Å². The summed E-state index contributed by atoms with van der Waals surface area (Å²) >= 11 is 3.71. The van der Waals surface area contributed by atoms with Gasteiger partial charge in [0.2, 0.25) is 0 Å². The van der Waals surface area contributed by atoms with Crippen molar-refractivity contribution in [3.05, 3.63) is 10.9 Å². The van der Waals surface area contributed by atoms with Gasteiger partial charge >= 0.3 is 0 Å². The van der Waals surface area contributed by atoms with Crippen molar-refractivity contribution < 1.29 is 0 Å². The normalized spacial score (nSPS) is 11.9. The van der Waals surface area contributed by atoms with Crippen LogP contribution in [0.5, 0.6) is 0 Å². The lowest BCUT2D eigenvalue weighted by Gasteiger charge is -2.30. The smallest absolute Gasteiger partial charge is 0.137 e. The van der Waals surface area contributed by atoms with Gasteiger partial charge in [-0.2, -0.15) is 16.1 Å². The third kappa shape index (κ3) is 5.28. The van der Waals surface area contributed by atoms with Crippen LogP contribution < -0.4 is 5.73 Å². The molecule has 2 N–H and O–H groups in total. The maximum Gasteiger partial charge on any atom is 0.137 e. The Bertz CT molecular complexity index is 359. The summed E-state index contributed by atoms with van der Waals surface area (Å²) in [5.41, 5.74) is 6.11. The fourth-order valence-electron chi connectivity index (χ4n) is 2.63. The summed E-state index contributed by atoms with van der Waals surface area (Å²) in [4.78, 5) is 1.39. The predicted octanol–water partition coefficient (Wildman–Crippen LogP) is 5.49. The summed E-state index contributed by atoms with van der Waals surface area (Å²) < 4.78 is 4.27. The SMILES string of the molecule is CCCCSCCCCC(CC)(CC)c1cc(N)ns1. The van der Waals surface area contributed by atoms with Gasteiger partial charge in [0.25, 0.3) is 0 Å². The number of thioether (sulfide) groups is 1. The Morgan fingerprint density at radius 3 is 2.40 bits per heavy atom. The molecule has 20 heavy (non-hydrogen) atoms. The molecule has 0 atom stereocenters. The monoisotopic (exact) mass is 314 g/mol. The van der Waals surface area contributed by atoms with Crippen LogP contribution in [0.3, 0.4) is 0 Å². The van der Waals surface area contributed by atoms with E-state index in [1.54, 1.807) is 11.5 Å². The zero-order chi connectivity index (χ0) is 14.8. The maximum absolute atomic E-state index is 5.80. The lowest BCUT2D eigenvalue weighted by atomic mass is 9.76. The van der Waals surface area contributed by atoms with E-state index in [1.807, 2.05) is 0 Å². The van der Waals surface area contributed by atoms with E-state index in [9.17, 15) is 0 Å². The molecule has 1 rings (SSSR count). The van der Waals surface area contributed by atoms with Crippen LogP contribution in [0.1, 0.15) is 70.6 Å². The van der Waals surface area contributed by atoms with Crippen LogP contribution in [0.4, 0.5) is 5.82 Å². The van der Waals surface area contributed by atoms with Gasteiger partial charge in [-0.25, -0.2) is 0 Å². The summed E-state index contributed by atoms with van der Waals surface area (Å²) in [5, 5.41) is 0. The van der Waals surface area contributed by atoms with Gasteiger partial charge in [-0.05, 0) is 61.2 Å². The number of nitrogens with two attached hydrogens (primary N) is 1. The zero-order valence-electron chi connectivity index (χ0n) is 13.3. The molecule has 0 unspecified atom stereocenters. The Hall–Kier alpha value is -0.220. The number of anilines is 1. The first-order valence-corrected chi connectivity index (χ1v) is 9.91. The Labute approximate surface area is 133 Å². The van der Waals surface area contributed by atoms with Crippen molar-refractivity contribution in [1.29, 1.82) is 0 Å². The van der Waals surface area contributed by atoms with E-state index in [4.69, 9.17) is 5.73 Å². The van der Waals surface area contributed by atoms with Crippen molar-refractivity contribution in [2.75, 3.05) is 17.2 Å². The molecule has 4 heteroatoms. The topological polar surface area (TPSA) is 38.9 Å². The lowest BCUT2D eigenvalue weighted by Crippen LogP contribution is -2.23. The predicted molar refractivity (Wildman–Crippen MR) is 94.9 cm³/mol. The van der Waals surface area contributed by atoms with Crippen molar-refractivity contribution in [3.8, 4) is 0 Å². The molecule has 1 heterocycles. The Balaban J connectivity index is 2.39. The van der Waals surface area contributed by atoms with E-state index in [0.717, 1.165) is 0 Å². The van der Waals surface area contributed by atoms with Gasteiger partial charge in [0, 0.05) is 10.3 Å². The molecule has 0 aromatic carbocycles. The third-order valence-corrected chi connectivity index (χ3v) is 6.45. The molecule has 0 saturated heterocycles. The van der Waals surface area contributed by atoms with Gasteiger partial charge in [0.15, 0.2) is 0 Å². The molecule has 0 spiro atoms. The molecule has 0 fully saturated rings. The van der Waals surface area contributed by atoms with E-state index in [-0.39, 0.29) is 0 Å². The van der Waals surface area contributed by atoms with E-state index >= 15 is 0 Å². The molecule has 1 aromatic heterocycles. The van der Waals surface area contributed by atoms with Crippen LogP contribution in [0.25, 0.3) is 0 Å². The molecular weight excluding hydrogens is 284 g/mol. The summed E-state index contributed by atoms with van der Waals surface area (Å²) in [7, 11) is 0. The summed E-state index contributed by atoms with van der Waals surface area (Å²) in [5.74, 6) is 3.33. The summed E-state index contributed by atoms with van der Waals surface area (Å²) in [6.07, 6.45) is 8.98. The van der Waals surface area contributed by atoms with Gasteiger partial charge in [-0.15, -0.1) is 0 Å². The first kappa shape index (κ1) is 17.8. The number of hydrogen-bond donors (Lipinski definition) is 1. The Kier molecular flexibility index (Phi) is 8.62. The molecule has 0 amide bonds. The van der Waals surface area contributed by atoms with Crippen LogP contribution in [0.2, 0.25) is 0 Å².